The number of Topliss-reactive ketones (excluding diaryl/α,β-unsaturated/α-hetero) is 1. The molecule has 2 aromatic carbocycles. The maximum absolute atomic E-state index is 13.4. The van der Waals surface area contributed by atoms with Crippen LogP contribution in [0.4, 0.5) is 0 Å². The Morgan fingerprint density at radius 3 is 2.36 bits per heavy atom. The summed E-state index contributed by atoms with van der Waals surface area (Å²) in [5.41, 5.74) is 3.34. The number of hydrogen-bond acceptors (Lipinski definition) is 6. The number of carbonyl (C=O) groups is 2. The van der Waals surface area contributed by atoms with Crippen LogP contribution in [0, 0.1) is 6.92 Å². The van der Waals surface area contributed by atoms with Crippen molar-refractivity contribution in [3.05, 3.63) is 94.3 Å². The second-order valence-electron chi connectivity index (χ2n) is 9.06. The number of aryl methyl sites for hydroxylation is 1. The van der Waals surface area contributed by atoms with Gasteiger partial charge < -0.3 is 19.5 Å². The topological polar surface area (TPSA) is 89.0 Å². The molecule has 36 heavy (non-hydrogen) atoms. The summed E-state index contributed by atoms with van der Waals surface area (Å²) in [5, 5.41) is 11.6. The van der Waals surface area contributed by atoms with Crippen LogP contribution < -0.4 is 9.47 Å². The Labute approximate surface area is 211 Å². The number of aliphatic hydroxyl groups excluding tert-OH is 1. The molecule has 1 fully saturated rings. The lowest BCUT2D eigenvalue weighted by atomic mass is 9.92. The number of carbonyl (C=O) groups excluding carboxylic acids is 2. The van der Waals surface area contributed by atoms with E-state index >= 15 is 0 Å². The Hall–Kier alpha value is -4.13. The van der Waals surface area contributed by atoms with E-state index in [1.54, 1.807) is 44.7 Å². The van der Waals surface area contributed by atoms with Gasteiger partial charge in [0.05, 0.1) is 32.0 Å². The molecule has 1 aliphatic heterocycles. The average molecular weight is 487 g/mol. The molecule has 1 amide bonds. The number of amides is 1. The van der Waals surface area contributed by atoms with Gasteiger partial charge in [-0.25, -0.2) is 0 Å². The van der Waals surface area contributed by atoms with E-state index in [0.29, 0.717) is 22.8 Å². The molecule has 3 aromatic rings. The molecule has 1 aromatic heterocycles. The van der Waals surface area contributed by atoms with E-state index < -0.39 is 17.7 Å². The lowest BCUT2D eigenvalue weighted by molar-refractivity contribution is -0.140. The molecule has 0 radical (unpaired) electrons. The zero-order valence-electron chi connectivity index (χ0n) is 21.1. The highest BCUT2D eigenvalue weighted by Gasteiger charge is 2.47. The van der Waals surface area contributed by atoms with Gasteiger partial charge in [0, 0.05) is 17.3 Å². The first-order chi connectivity index (χ1) is 17.3. The SMILES string of the molecule is COc1ccccc1CN1C(=O)C(=O)/C(=C(/O)c2cc(C(C)C)c(OC)cc2C)C1c1ccccn1. The normalized spacial score (nSPS) is 17.1. The number of methoxy groups -OCH3 is 2. The van der Waals surface area contributed by atoms with E-state index in [2.05, 4.69) is 4.98 Å². The van der Waals surface area contributed by atoms with Crippen LogP contribution in [-0.4, -0.2) is 40.9 Å². The zero-order chi connectivity index (χ0) is 26.0. The minimum atomic E-state index is -0.861. The first-order valence-corrected chi connectivity index (χ1v) is 11.8. The second kappa shape index (κ2) is 10.2. The molecule has 7 heteroatoms. The molecular formula is C29H30N2O5. The van der Waals surface area contributed by atoms with Crippen LogP contribution >= 0.6 is 0 Å². The number of rotatable bonds is 7. The predicted octanol–water partition coefficient (Wildman–Crippen LogP) is 5.15. The van der Waals surface area contributed by atoms with Crippen molar-refractivity contribution in [1.82, 2.24) is 9.88 Å². The van der Waals surface area contributed by atoms with E-state index in [1.165, 1.54) is 4.90 Å². The molecule has 4 rings (SSSR count). The largest absolute Gasteiger partial charge is 0.507 e. The van der Waals surface area contributed by atoms with E-state index in [9.17, 15) is 14.7 Å². The van der Waals surface area contributed by atoms with Gasteiger partial charge >= 0.3 is 0 Å². The van der Waals surface area contributed by atoms with Gasteiger partial charge in [-0.05, 0) is 54.3 Å². The monoisotopic (exact) mass is 486 g/mol. The summed E-state index contributed by atoms with van der Waals surface area (Å²) >= 11 is 0. The van der Waals surface area contributed by atoms with E-state index in [1.807, 2.05) is 51.1 Å². The lowest BCUT2D eigenvalue weighted by Gasteiger charge is -2.25. The van der Waals surface area contributed by atoms with Gasteiger partial charge in [-0.2, -0.15) is 0 Å². The quantitative estimate of drug-likeness (QED) is 0.282. The summed E-state index contributed by atoms with van der Waals surface area (Å²) in [6.45, 7) is 6.00. The first kappa shape index (κ1) is 25.0. The molecule has 186 valence electrons. The Balaban J connectivity index is 1.91. The third-order valence-corrected chi connectivity index (χ3v) is 6.49. The number of nitrogens with zero attached hydrogens (tertiary/aromatic N) is 2. The summed E-state index contributed by atoms with van der Waals surface area (Å²) in [4.78, 5) is 32.6. The molecule has 0 bridgehead atoms. The number of pyridine rings is 1. The third kappa shape index (κ3) is 4.44. The average Bonchev–Trinajstić information content (AvgIpc) is 3.13. The minimum absolute atomic E-state index is 0.0107. The van der Waals surface area contributed by atoms with Crippen LogP contribution in [0.2, 0.25) is 0 Å². The summed E-state index contributed by atoms with van der Waals surface area (Å²) < 4.78 is 11.0. The van der Waals surface area contributed by atoms with E-state index in [4.69, 9.17) is 9.47 Å². The van der Waals surface area contributed by atoms with Crippen molar-refractivity contribution < 1.29 is 24.2 Å². The summed E-state index contributed by atoms with van der Waals surface area (Å²) in [6, 6.07) is 15.4. The van der Waals surface area contributed by atoms with Gasteiger partial charge in [0.25, 0.3) is 11.7 Å². The van der Waals surface area contributed by atoms with Crippen molar-refractivity contribution in [3.63, 3.8) is 0 Å². The van der Waals surface area contributed by atoms with Gasteiger partial charge in [-0.3, -0.25) is 14.6 Å². The number of likely N-dealkylation sites (tertiary alicyclic amines) is 1. The minimum Gasteiger partial charge on any atom is -0.507 e. The molecule has 1 aliphatic rings. The van der Waals surface area contributed by atoms with Crippen LogP contribution in [0.15, 0.2) is 66.4 Å². The Bertz CT molecular complexity index is 1330. The Kier molecular flexibility index (Phi) is 7.10. The zero-order valence-corrected chi connectivity index (χ0v) is 21.1. The Morgan fingerprint density at radius 2 is 1.72 bits per heavy atom. The number of benzene rings is 2. The second-order valence-corrected chi connectivity index (χ2v) is 9.06. The molecule has 1 saturated heterocycles. The van der Waals surface area contributed by atoms with Gasteiger partial charge in [0.1, 0.15) is 23.3 Å². The highest BCUT2D eigenvalue weighted by molar-refractivity contribution is 6.46. The first-order valence-electron chi connectivity index (χ1n) is 11.8. The number of ether oxygens (including phenoxy) is 2. The third-order valence-electron chi connectivity index (χ3n) is 6.49. The maximum Gasteiger partial charge on any atom is 0.296 e. The molecule has 0 spiro atoms. The van der Waals surface area contributed by atoms with Crippen molar-refractivity contribution >= 4 is 17.4 Å². The molecule has 2 heterocycles. The number of para-hydroxylation sites is 1. The molecule has 7 nitrogen and oxygen atoms in total. The molecule has 0 aliphatic carbocycles. The smallest absolute Gasteiger partial charge is 0.296 e. The fraction of sp³-hybridized carbons (Fsp3) is 0.276. The van der Waals surface area contributed by atoms with Crippen molar-refractivity contribution in [2.24, 2.45) is 0 Å². The standard InChI is InChI=1S/C29H30N2O5/c1-17(2)20-15-21(18(3)14-24(20)36-5)27(32)25-26(22-11-8-9-13-30-22)31(29(34)28(25)33)16-19-10-6-7-12-23(19)35-4/h6-15,17,26,32H,16H2,1-5H3/b27-25+. The molecule has 1 atom stereocenters. The maximum atomic E-state index is 13.4. The van der Waals surface area contributed by atoms with Crippen LogP contribution in [0.25, 0.3) is 5.76 Å². The molecule has 1 N–H and O–H groups in total. The van der Waals surface area contributed by atoms with Crippen LogP contribution in [-0.2, 0) is 16.1 Å². The van der Waals surface area contributed by atoms with E-state index in [-0.39, 0.29) is 23.8 Å². The highest BCUT2D eigenvalue weighted by atomic mass is 16.5. The van der Waals surface area contributed by atoms with Gasteiger partial charge in [0.2, 0.25) is 0 Å². The number of ketones is 1. The highest BCUT2D eigenvalue weighted by Crippen LogP contribution is 2.42. The van der Waals surface area contributed by atoms with Crippen LogP contribution in [0.1, 0.15) is 53.8 Å². The summed E-state index contributed by atoms with van der Waals surface area (Å²) in [5.74, 6) is -0.253. The number of hydrogen-bond donors (Lipinski definition) is 1. The van der Waals surface area contributed by atoms with Crippen LogP contribution in [0.3, 0.4) is 0 Å². The molecule has 1 unspecified atom stereocenters. The lowest BCUT2D eigenvalue weighted by Crippen LogP contribution is -2.29. The Morgan fingerprint density at radius 1 is 1.03 bits per heavy atom. The summed E-state index contributed by atoms with van der Waals surface area (Å²) in [6.07, 6.45) is 1.61. The summed E-state index contributed by atoms with van der Waals surface area (Å²) in [7, 11) is 3.16. The van der Waals surface area contributed by atoms with Crippen molar-refractivity contribution in [1.29, 1.82) is 0 Å². The molecular weight excluding hydrogens is 456 g/mol. The van der Waals surface area contributed by atoms with Gasteiger partial charge in [-0.1, -0.05) is 38.1 Å². The molecule has 0 saturated carbocycles. The fourth-order valence-corrected chi connectivity index (χ4v) is 4.63. The van der Waals surface area contributed by atoms with Crippen LogP contribution in [0.5, 0.6) is 11.5 Å². The van der Waals surface area contributed by atoms with Gasteiger partial charge in [0.15, 0.2) is 0 Å². The number of aromatic nitrogens is 1. The van der Waals surface area contributed by atoms with Crippen molar-refractivity contribution in [2.75, 3.05) is 14.2 Å². The van der Waals surface area contributed by atoms with Crippen molar-refractivity contribution in [3.8, 4) is 11.5 Å². The fourth-order valence-electron chi connectivity index (χ4n) is 4.63. The van der Waals surface area contributed by atoms with Crippen molar-refractivity contribution in [2.45, 2.75) is 39.3 Å². The van der Waals surface area contributed by atoms with E-state index in [0.717, 1.165) is 16.7 Å². The predicted molar refractivity (Wildman–Crippen MR) is 137 cm³/mol. The number of aliphatic hydroxyl groups is 1. The van der Waals surface area contributed by atoms with Gasteiger partial charge in [-0.15, -0.1) is 0 Å².